The van der Waals surface area contributed by atoms with Gasteiger partial charge in [0.05, 0.1) is 0 Å². The smallest absolute Gasteiger partial charge is 0.0465 e. The molecule has 1 nitrogen and oxygen atoms in total. The average Bonchev–Trinajstić information content (AvgIpc) is 4.00. The zero-order chi connectivity index (χ0) is 39.5. The molecule has 59 heavy (non-hydrogen) atoms. The Labute approximate surface area is 351 Å². The zero-order valence-corrected chi connectivity index (χ0v) is 34.7. The molecule has 0 spiro atoms. The molecular weight excluding hydrogens is 711 g/mol. The van der Waals surface area contributed by atoms with Gasteiger partial charge < -0.3 is 4.90 Å². The van der Waals surface area contributed by atoms with Crippen LogP contribution in [0.15, 0.2) is 164 Å². The van der Waals surface area contributed by atoms with Crippen molar-refractivity contribution in [3.05, 3.63) is 186 Å². The summed E-state index contributed by atoms with van der Waals surface area (Å²) in [5.41, 5.74) is 19.7. The minimum Gasteiger partial charge on any atom is -0.310 e. The first kappa shape index (κ1) is 36.4. The molecule has 3 saturated carbocycles. The maximum atomic E-state index is 2.49. The molecule has 4 aliphatic carbocycles. The van der Waals surface area contributed by atoms with E-state index in [1.165, 1.54) is 142 Å². The molecule has 7 aromatic rings. The topological polar surface area (TPSA) is 3.24 Å². The number of anilines is 3. The van der Waals surface area contributed by atoms with E-state index in [4.69, 9.17) is 0 Å². The Morgan fingerprint density at radius 1 is 0.441 bits per heavy atom. The summed E-state index contributed by atoms with van der Waals surface area (Å²) in [7, 11) is 0. The van der Waals surface area contributed by atoms with E-state index in [0.717, 1.165) is 23.7 Å². The second kappa shape index (κ2) is 14.9. The van der Waals surface area contributed by atoms with E-state index < -0.39 is 0 Å². The summed E-state index contributed by atoms with van der Waals surface area (Å²) in [5.74, 6) is 3.24. The minimum absolute atomic E-state index is 0.134. The van der Waals surface area contributed by atoms with Crippen molar-refractivity contribution in [2.75, 3.05) is 4.90 Å². The van der Waals surface area contributed by atoms with Gasteiger partial charge in [-0.3, -0.25) is 0 Å². The van der Waals surface area contributed by atoms with Gasteiger partial charge in [-0.2, -0.15) is 0 Å². The Balaban J connectivity index is 0.971. The van der Waals surface area contributed by atoms with Crippen LogP contribution in [0.25, 0.3) is 44.5 Å². The zero-order valence-electron chi connectivity index (χ0n) is 34.7. The molecule has 292 valence electrons. The van der Waals surface area contributed by atoms with Gasteiger partial charge in [0.2, 0.25) is 0 Å². The third-order valence-electron chi connectivity index (χ3n) is 15.0. The molecule has 3 atom stereocenters. The first-order valence-electron chi connectivity index (χ1n) is 22.5. The number of hydrogen-bond acceptors (Lipinski definition) is 1. The monoisotopic (exact) mass is 765 g/mol. The first-order chi connectivity index (χ1) is 29.0. The van der Waals surface area contributed by atoms with Gasteiger partial charge in [-0.15, -0.1) is 0 Å². The number of nitrogens with zero attached hydrogens (tertiary/aromatic N) is 1. The van der Waals surface area contributed by atoms with Gasteiger partial charge in [0, 0.05) is 22.5 Å². The number of benzene rings is 7. The van der Waals surface area contributed by atoms with Crippen molar-refractivity contribution in [1.82, 2.24) is 0 Å². The van der Waals surface area contributed by atoms with Crippen molar-refractivity contribution in [3.8, 4) is 44.5 Å². The summed E-state index contributed by atoms with van der Waals surface area (Å²) < 4.78 is 0. The van der Waals surface area contributed by atoms with Crippen molar-refractivity contribution in [2.24, 2.45) is 11.8 Å². The van der Waals surface area contributed by atoms with Crippen LogP contribution in [0, 0.1) is 11.8 Å². The SMILES string of the molecule is CC1(C)c2cc(N(c3ccc(-c4ccccc4-c4ccc(C5CCCCC5)cc4)cc3)c3ccc(C4CC5CCC4C5)cc3)ccc2-c2c(-c3ccccc3)cccc21. The summed E-state index contributed by atoms with van der Waals surface area (Å²) in [6, 6.07) is 62.5. The second-order valence-electron chi connectivity index (χ2n) is 18.7. The van der Waals surface area contributed by atoms with Gasteiger partial charge in [-0.05, 0) is 159 Å². The van der Waals surface area contributed by atoms with Crippen molar-refractivity contribution in [1.29, 1.82) is 0 Å². The third-order valence-corrected chi connectivity index (χ3v) is 15.0. The molecule has 11 rings (SSSR count). The van der Waals surface area contributed by atoms with Crippen molar-refractivity contribution < 1.29 is 0 Å². The molecule has 2 bridgehead atoms. The van der Waals surface area contributed by atoms with Crippen LogP contribution < -0.4 is 4.90 Å². The third kappa shape index (κ3) is 6.46. The fraction of sp³-hybridized carbons (Fsp3) is 0.276. The molecule has 0 heterocycles. The van der Waals surface area contributed by atoms with Crippen LogP contribution in [0.1, 0.15) is 106 Å². The first-order valence-corrected chi connectivity index (χ1v) is 22.5. The lowest BCUT2D eigenvalue weighted by atomic mass is 9.81. The van der Waals surface area contributed by atoms with Crippen LogP contribution in [-0.4, -0.2) is 0 Å². The van der Waals surface area contributed by atoms with Gasteiger partial charge in [0.15, 0.2) is 0 Å². The van der Waals surface area contributed by atoms with E-state index in [1.807, 2.05) is 0 Å². The molecule has 7 aromatic carbocycles. The lowest BCUT2D eigenvalue weighted by Gasteiger charge is -2.29. The molecule has 0 radical (unpaired) electrons. The number of rotatable bonds is 8. The van der Waals surface area contributed by atoms with Crippen LogP contribution in [0.5, 0.6) is 0 Å². The molecule has 4 aliphatic rings. The van der Waals surface area contributed by atoms with Crippen molar-refractivity contribution in [2.45, 2.75) is 88.9 Å². The Morgan fingerprint density at radius 3 is 1.69 bits per heavy atom. The molecular formula is C58H55N. The summed E-state index contributed by atoms with van der Waals surface area (Å²) >= 11 is 0. The summed E-state index contributed by atoms with van der Waals surface area (Å²) in [6.07, 6.45) is 12.4. The molecule has 0 amide bonds. The van der Waals surface area contributed by atoms with Gasteiger partial charge in [-0.25, -0.2) is 0 Å². The summed E-state index contributed by atoms with van der Waals surface area (Å²) in [5, 5.41) is 0. The van der Waals surface area contributed by atoms with Crippen LogP contribution in [0.3, 0.4) is 0 Å². The van der Waals surface area contributed by atoms with E-state index in [0.29, 0.717) is 0 Å². The van der Waals surface area contributed by atoms with E-state index in [2.05, 4.69) is 183 Å². The van der Waals surface area contributed by atoms with Crippen LogP contribution in [0.2, 0.25) is 0 Å². The Morgan fingerprint density at radius 2 is 1.03 bits per heavy atom. The standard InChI is InChI=1S/C58H55N/c1-58(2)55-19-11-18-52(42-14-7-4-8-15-42)57(55)53-35-34-49(38-56(53)58)59(48-32-28-45(29-33-48)54-37-39-20-21-46(54)36-39)47-30-26-44(27-31-47)51-17-10-9-16-50(51)43-24-22-41(23-25-43)40-12-5-3-6-13-40/h4,7-11,14-19,22-35,38-40,46,54H,3,5-6,12-13,20-21,36-37H2,1-2H3. The molecule has 0 aliphatic heterocycles. The average molecular weight is 766 g/mol. The van der Waals surface area contributed by atoms with Crippen molar-refractivity contribution in [3.63, 3.8) is 0 Å². The normalized spacial score (nSPS) is 20.3. The quantitative estimate of drug-likeness (QED) is 0.149. The van der Waals surface area contributed by atoms with Gasteiger partial charge >= 0.3 is 0 Å². The van der Waals surface area contributed by atoms with Crippen molar-refractivity contribution >= 4 is 17.1 Å². The Hall–Kier alpha value is -5.66. The molecule has 0 aromatic heterocycles. The summed E-state index contributed by atoms with van der Waals surface area (Å²) in [4.78, 5) is 2.49. The van der Waals surface area contributed by atoms with Gasteiger partial charge in [0.1, 0.15) is 0 Å². The molecule has 3 fully saturated rings. The largest absolute Gasteiger partial charge is 0.310 e. The highest BCUT2D eigenvalue weighted by Gasteiger charge is 2.40. The highest BCUT2D eigenvalue weighted by molar-refractivity contribution is 5.94. The van der Waals surface area contributed by atoms with Crippen LogP contribution in [0.4, 0.5) is 17.1 Å². The lowest BCUT2D eigenvalue weighted by Crippen LogP contribution is -2.16. The van der Waals surface area contributed by atoms with E-state index >= 15 is 0 Å². The van der Waals surface area contributed by atoms with E-state index in [1.54, 1.807) is 0 Å². The highest BCUT2D eigenvalue weighted by atomic mass is 15.1. The molecule has 1 heteroatoms. The molecule has 0 N–H and O–H groups in total. The molecule has 3 unspecified atom stereocenters. The maximum absolute atomic E-state index is 2.49. The van der Waals surface area contributed by atoms with E-state index in [9.17, 15) is 0 Å². The Kier molecular flexibility index (Phi) is 9.18. The number of fused-ring (bicyclic) bond motifs is 5. The second-order valence-corrected chi connectivity index (χ2v) is 18.7. The number of hydrogen-bond donors (Lipinski definition) is 0. The van der Waals surface area contributed by atoms with Crippen LogP contribution >= 0.6 is 0 Å². The summed E-state index contributed by atoms with van der Waals surface area (Å²) in [6.45, 7) is 4.81. The van der Waals surface area contributed by atoms with Crippen LogP contribution in [-0.2, 0) is 5.41 Å². The Bertz CT molecular complexity index is 2610. The molecule has 0 saturated heterocycles. The minimum atomic E-state index is -0.134. The highest BCUT2D eigenvalue weighted by Crippen LogP contribution is 2.55. The van der Waals surface area contributed by atoms with E-state index in [-0.39, 0.29) is 5.41 Å². The van der Waals surface area contributed by atoms with Gasteiger partial charge in [0.25, 0.3) is 0 Å². The fourth-order valence-electron chi connectivity index (χ4n) is 11.9. The fourth-order valence-corrected chi connectivity index (χ4v) is 11.9. The predicted octanol–water partition coefficient (Wildman–Crippen LogP) is 16.4. The maximum Gasteiger partial charge on any atom is 0.0465 e. The predicted molar refractivity (Wildman–Crippen MR) is 249 cm³/mol. The van der Waals surface area contributed by atoms with Gasteiger partial charge in [-0.1, -0.05) is 167 Å². The lowest BCUT2D eigenvalue weighted by molar-refractivity contribution is 0.420.